The molecule has 126 valence electrons. The molecule has 0 N–H and O–H groups in total. The van der Waals surface area contributed by atoms with Crippen molar-refractivity contribution in [2.75, 3.05) is 6.54 Å². The number of hydrogen-bond donors (Lipinski definition) is 0. The maximum atomic E-state index is 12.5. The molecule has 0 aliphatic heterocycles. The first-order valence-corrected chi connectivity index (χ1v) is 8.35. The number of nitrogens with zero attached hydrogens (tertiary/aromatic N) is 1. The number of carbonyl (C=O) groups excluding carboxylic acids is 1. The summed E-state index contributed by atoms with van der Waals surface area (Å²) in [4.78, 5) is 23.4. The normalized spacial score (nSPS) is 13.2. The minimum atomic E-state index is -0.377. The van der Waals surface area contributed by atoms with Gasteiger partial charge in [0, 0.05) is 17.3 Å². The Hall–Kier alpha value is -2.49. The molecule has 0 aliphatic rings. The molecule has 2 aromatic rings. The van der Waals surface area contributed by atoms with E-state index >= 15 is 0 Å². The molecule has 0 unspecified atom stereocenters. The summed E-state index contributed by atoms with van der Waals surface area (Å²) in [5, 5.41) is 11.2. The van der Waals surface area contributed by atoms with Crippen LogP contribution in [0.5, 0.6) is 0 Å². The lowest BCUT2D eigenvalue weighted by Crippen LogP contribution is -2.28. The Morgan fingerprint density at radius 3 is 2.17 bits per heavy atom. The van der Waals surface area contributed by atoms with Crippen LogP contribution >= 0.6 is 0 Å². The monoisotopic (exact) mass is 325 g/mol. The average molecular weight is 325 g/mol. The van der Waals surface area contributed by atoms with Crippen LogP contribution in [0.3, 0.4) is 0 Å². The van der Waals surface area contributed by atoms with Gasteiger partial charge < -0.3 is 0 Å². The zero-order chi connectivity index (χ0) is 17.4. The van der Waals surface area contributed by atoms with Gasteiger partial charge in [0.15, 0.2) is 0 Å². The molecule has 0 saturated carbocycles. The number of ketones is 1. The van der Waals surface area contributed by atoms with E-state index in [1.807, 2.05) is 67.6 Å². The Bertz CT molecular complexity index is 655. The van der Waals surface area contributed by atoms with Crippen LogP contribution < -0.4 is 0 Å². The van der Waals surface area contributed by atoms with Crippen molar-refractivity contribution < 1.29 is 9.72 Å². The Balaban J connectivity index is 2.24. The Kier molecular flexibility index (Phi) is 6.67. The standard InChI is InChI=1S/C20H23NO3/c1-2-20(22)18(14-13-16-9-5-3-6-10-16)19(15-21(23)24)17-11-7-4-8-12-17/h3-12,18-19H,2,13-15H2,1H3/t18-,19+/m0/s1. The van der Waals surface area contributed by atoms with E-state index in [1.165, 1.54) is 0 Å². The van der Waals surface area contributed by atoms with Crippen LogP contribution in [0.1, 0.15) is 36.8 Å². The molecule has 0 aliphatic carbocycles. The number of Topliss-reactive ketones (excluding diaryl/α,β-unsaturated/α-hetero) is 1. The van der Waals surface area contributed by atoms with Crippen molar-refractivity contribution in [2.24, 2.45) is 5.92 Å². The molecule has 4 nitrogen and oxygen atoms in total. The third-order valence-electron chi connectivity index (χ3n) is 4.41. The average Bonchev–Trinajstić information content (AvgIpc) is 2.62. The molecule has 24 heavy (non-hydrogen) atoms. The van der Waals surface area contributed by atoms with Gasteiger partial charge in [0.2, 0.25) is 6.54 Å². The van der Waals surface area contributed by atoms with Crippen molar-refractivity contribution in [3.05, 3.63) is 81.9 Å². The van der Waals surface area contributed by atoms with Crippen LogP contribution in [-0.2, 0) is 11.2 Å². The number of rotatable bonds is 9. The van der Waals surface area contributed by atoms with Gasteiger partial charge in [-0.3, -0.25) is 14.9 Å². The molecule has 2 rings (SSSR count). The number of benzene rings is 2. The molecule has 0 radical (unpaired) electrons. The van der Waals surface area contributed by atoms with Gasteiger partial charge in [-0.2, -0.15) is 0 Å². The van der Waals surface area contributed by atoms with Gasteiger partial charge >= 0.3 is 0 Å². The zero-order valence-electron chi connectivity index (χ0n) is 13.9. The lowest BCUT2D eigenvalue weighted by molar-refractivity contribution is -0.484. The number of nitro groups is 1. The highest BCUT2D eigenvalue weighted by Crippen LogP contribution is 2.30. The van der Waals surface area contributed by atoms with Gasteiger partial charge in [-0.05, 0) is 24.0 Å². The number of hydrogen-bond acceptors (Lipinski definition) is 3. The van der Waals surface area contributed by atoms with E-state index in [-0.39, 0.29) is 29.1 Å². The lowest BCUT2D eigenvalue weighted by Gasteiger charge is -2.23. The van der Waals surface area contributed by atoms with E-state index in [2.05, 4.69) is 0 Å². The van der Waals surface area contributed by atoms with E-state index in [0.717, 1.165) is 17.5 Å². The van der Waals surface area contributed by atoms with Crippen molar-refractivity contribution in [2.45, 2.75) is 32.1 Å². The van der Waals surface area contributed by atoms with E-state index in [1.54, 1.807) is 0 Å². The third kappa shape index (κ3) is 5.01. The van der Waals surface area contributed by atoms with Crippen LogP contribution in [0.2, 0.25) is 0 Å². The van der Waals surface area contributed by atoms with E-state index in [4.69, 9.17) is 0 Å². The molecular weight excluding hydrogens is 302 g/mol. The molecule has 0 aromatic heterocycles. The van der Waals surface area contributed by atoms with Crippen molar-refractivity contribution in [1.29, 1.82) is 0 Å². The molecule has 0 amide bonds. The molecule has 0 bridgehead atoms. The fourth-order valence-electron chi connectivity index (χ4n) is 3.14. The second-order valence-electron chi connectivity index (χ2n) is 5.98. The first kappa shape index (κ1) is 17.9. The zero-order valence-corrected chi connectivity index (χ0v) is 13.9. The molecule has 2 atom stereocenters. The quantitative estimate of drug-likeness (QED) is 0.511. The highest BCUT2D eigenvalue weighted by Gasteiger charge is 2.31. The highest BCUT2D eigenvalue weighted by atomic mass is 16.6. The van der Waals surface area contributed by atoms with Gasteiger partial charge in [0.1, 0.15) is 5.78 Å². The van der Waals surface area contributed by atoms with Gasteiger partial charge in [0.05, 0.1) is 5.92 Å². The maximum Gasteiger partial charge on any atom is 0.211 e. The van der Waals surface area contributed by atoms with Gasteiger partial charge in [-0.25, -0.2) is 0 Å². The molecule has 0 heterocycles. The summed E-state index contributed by atoms with van der Waals surface area (Å²) < 4.78 is 0. The molecule has 0 spiro atoms. The third-order valence-corrected chi connectivity index (χ3v) is 4.41. The second-order valence-corrected chi connectivity index (χ2v) is 5.98. The van der Waals surface area contributed by atoms with Crippen LogP contribution in [0.4, 0.5) is 0 Å². The first-order chi connectivity index (χ1) is 11.6. The Morgan fingerprint density at radius 2 is 1.62 bits per heavy atom. The number of aryl methyl sites for hydroxylation is 1. The summed E-state index contributed by atoms with van der Waals surface area (Å²) >= 11 is 0. The summed E-state index contributed by atoms with van der Waals surface area (Å²) in [5.41, 5.74) is 2.02. The largest absolute Gasteiger partial charge is 0.299 e. The van der Waals surface area contributed by atoms with Gasteiger partial charge in [0.25, 0.3) is 0 Å². The van der Waals surface area contributed by atoms with Crippen molar-refractivity contribution >= 4 is 5.78 Å². The van der Waals surface area contributed by atoms with Crippen LogP contribution in [-0.4, -0.2) is 17.3 Å². The summed E-state index contributed by atoms with van der Waals surface area (Å²) in [5.74, 6) is -0.609. The number of carbonyl (C=O) groups is 1. The van der Waals surface area contributed by atoms with Crippen molar-refractivity contribution in [3.8, 4) is 0 Å². The lowest BCUT2D eigenvalue weighted by atomic mass is 9.79. The molecular formula is C20H23NO3. The topological polar surface area (TPSA) is 60.2 Å². The van der Waals surface area contributed by atoms with Gasteiger partial charge in [-0.15, -0.1) is 0 Å². The van der Waals surface area contributed by atoms with E-state index < -0.39 is 0 Å². The van der Waals surface area contributed by atoms with Crippen LogP contribution in [0.25, 0.3) is 0 Å². The highest BCUT2D eigenvalue weighted by molar-refractivity contribution is 5.81. The van der Waals surface area contributed by atoms with Gasteiger partial charge in [-0.1, -0.05) is 67.6 Å². The summed E-state index contributed by atoms with van der Waals surface area (Å²) in [6.07, 6.45) is 1.78. The molecule has 0 saturated heterocycles. The summed E-state index contributed by atoms with van der Waals surface area (Å²) in [6, 6.07) is 19.3. The summed E-state index contributed by atoms with van der Waals surface area (Å²) in [6.45, 7) is 1.61. The predicted octanol–water partition coefficient (Wildman–Crippen LogP) is 4.28. The molecule has 0 fully saturated rings. The first-order valence-electron chi connectivity index (χ1n) is 8.35. The minimum Gasteiger partial charge on any atom is -0.299 e. The smallest absolute Gasteiger partial charge is 0.211 e. The van der Waals surface area contributed by atoms with Crippen LogP contribution in [0, 0.1) is 16.0 Å². The fourth-order valence-corrected chi connectivity index (χ4v) is 3.14. The van der Waals surface area contributed by atoms with E-state index in [0.29, 0.717) is 12.8 Å². The molecule has 4 heteroatoms. The second kappa shape index (κ2) is 8.96. The fraction of sp³-hybridized carbons (Fsp3) is 0.350. The minimum absolute atomic E-state index is 0.0987. The SMILES string of the molecule is CCC(=O)[C@@H](CCc1ccccc1)[C@H](C[N+](=O)[O-])c1ccccc1. The van der Waals surface area contributed by atoms with Crippen molar-refractivity contribution in [1.82, 2.24) is 0 Å². The van der Waals surface area contributed by atoms with Crippen LogP contribution in [0.15, 0.2) is 60.7 Å². The van der Waals surface area contributed by atoms with Crippen molar-refractivity contribution in [3.63, 3.8) is 0 Å². The van der Waals surface area contributed by atoms with E-state index in [9.17, 15) is 14.9 Å². The predicted molar refractivity (Wildman–Crippen MR) is 94.6 cm³/mol. The Morgan fingerprint density at radius 1 is 1.04 bits per heavy atom. The maximum absolute atomic E-state index is 12.5. The molecule has 2 aromatic carbocycles. The Labute approximate surface area is 142 Å². The summed E-state index contributed by atoms with van der Waals surface area (Å²) in [7, 11) is 0.